The van der Waals surface area contributed by atoms with Crippen LogP contribution in [0.4, 0.5) is 5.82 Å². The lowest BCUT2D eigenvalue weighted by Gasteiger charge is -2.17. The van der Waals surface area contributed by atoms with Gasteiger partial charge in [0.05, 0.1) is 24.0 Å². The SMILES string of the molecule is COCCn1cnnc1[C@H](C)Nc1cc(-c2ccccc2)nc2c(C)c(C)nn12. The predicted molar refractivity (Wildman–Crippen MR) is 112 cm³/mol. The first-order valence-electron chi connectivity index (χ1n) is 9.64. The van der Waals surface area contributed by atoms with E-state index >= 15 is 0 Å². The summed E-state index contributed by atoms with van der Waals surface area (Å²) in [6.07, 6.45) is 1.73. The van der Waals surface area contributed by atoms with E-state index in [1.807, 2.05) is 47.2 Å². The molecule has 0 spiro atoms. The van der Waals surface area contributed by atoms with E-state index in [-0.39, 0.29) is 6.04 Å². The molecule has 8 heteroatoms. The van der Waals surface area contributed by atoms with Gasteiger partial charge in [-0.05, 0) is 20.8 Å². The molecule has 150 valence electrons. The van der Waals surface area contributed by atoms with Crippen molar-refractivity contribution in [2.24, 2.45) is 0 Å². The maximum atomic E-state index is 5.19. The standard InChI is InChI=1S/C21H25N7O/c1-14-15(2)26-28-19(12-18(24-20(14)28)17-8-6-5-7-9-17)23-16(3)21-25-22-13-27(21)10-11-29-4/h5-9,12-13,16,23H,10-11H2,1-4H3/t16-/m0/s1. The number of nitrogens with zero attached hydrogens (tertiary/aromatic N) is 6. The van der Waals surface area contributed by atoms with Crippen LogP contribution in [0.1, 0.15) is 30.0 Å². The highest BCUT2D eigenvalue weighted by atomic mass is 16.5. The van der Waals surface area contributed by atoms with Crippen molar-refractivity contribution < 1.29 is 4.74 Å². The average molecular weight is 391 g/mol. The Hall–Kier alpha value is -3.26. The van der Waals surface area contributed by atoms with Crippen LogP contribution in [0.5, 0.6) is 0 Å². The molecule has 0 saturated carbocycles. The van der Waals surface area contributed by atoms with Crippen LogP contribution < -0.4 is 5.32 Å². The molecule has 0 bridgehead atoms. The fourth-order valence-electron chi connectivity index (χ4n) is 3.34. The normalized spacial score (nSPS) is 12.4. The van der Waals surface area contributed by atoms with Gasteiger partial charge < -0.3 is 14.6 Å². The Labute approximate surface area is 169 Å². The van der Waals surface area contributed by atoms with E-state index in [0.29, 0.717) is 13.2 Å². The molecule has 3 heterocycles. The van der Waals surface area contributed by atoms with Gasteiger partial charge in [0, 0.05) is 30.8 Å². The molecule has 0 aliphatic rings. The molecule has 29 heavy (non-hydrogen) atoms. The summed E-state index contributed by atoms with van der Waals surface area (Å²) in [4.78, 5) is 4.87. The number of ether oxygens (including phenoxy) is 1. The molecule has 8 nitrogen and oxygen atoms in total. The van der Waals surface area contributed by atoms with E-state index in [0.717, 1.165) is 39.8 Å². The second kappa shape index (κ2) is 8.00. The predicted octanol–water partition coefficient (Wildman–Crippen LogP) is 3.42. The number of hydrogen-bond acceptors (Lipinski definition) is 6. The summed E-state index contributed by atoms with van der Waals surface area (Å²) in [5.74, 6) is 1.70. The van der Waals surface area contributed by atoms with Crippen molar-refractivity contribution >= 4 is 11.5 Å². The maximum absolute atomic E-state index is 5.19. The fourth-order valence-corrected chi connectivity index (χ4v) is 3.34. The van der Waals surface area contributed by atoms with Crippen LogP contribution >= 0.6 is 0 Å². The van der Waals surface area contributed by atoms with Crippen LogP contribution in [0.3, 0.4) is 0 Å². The van der Waals surface area contributed by atoms with Crippen LogP contribution in [0.15, 0.2) is 42.7 Å². The molecule has 0 unspecified atom stereocenters. The molecule has 0 amide bonds. The Balaban J connectivity index is 1.75. The number of methoxy groups -OCH3 is 1. The van der Waals surface area contributed by atoms with Gasteiger partial charge in [-0.1, -0.05) is 30.3 Å². The molecule has 1 atom stereocenters. The van der Waals surface area contributed by atoms with Crippen LogP contribution in [0.2, 0.25) is 0 Å². The Morgan fingerprint density at radius 2 is 1.97 bits per heavy atom. The summed E-state index contributed by atoms with van der Waals surface area (Å²) in [5, 5.41) is 16.6. The zero-order valence-corrected chi connectivity index (χ0v) is 17.1. The number of benzene rings is 1. The van der Waals surface area contributed by atoms with Gasteiger partial charge >= 0.3 is 0 Å². The van der Waals surface area contributed by atoms with Gasteiger partial charge in [-0.2, -0.15) is 9.61 Å². The second-order valence-electron chi connectivity index (χ2n) is 7.08. The minimum Gasteiger partial charge on any atom is -0.383 e. The smallest absolute Gasteiger partial charge is 0.161 e. The topological polar surface area (TPSA) is 82.2 Å². The van der Waals surface area contributed by atoms with Crippen LogP contribution in [-0.2, 0) is 11.3 Å². The van der Waals surface area contributed by atoms with Crippen molar-refractivity contribution in [1.82, 2.24) is 29.4 Å². The van der Waals surface area contributed by atoms with Gasteiger partial charge in [-0.3, -0.25) is 0 Å². The summed E-state index contributed by atoms with van der Waals surface area (Å²) >= 11 is 0. The summed E-state index contributed by atoms with van der Waals surface area (Å²) < 4.78 is 9.05. The van der Waals surface area contributed by atoms with E-state index < -0.39 is 0 Å². The van der Waals surface area contributed by atoms with Gasteiger partial charge in [-0.15, -0.1) is 10.2 Å². The minimum atomic E-state index is -0.0756. The molecule has 0 fully saturated rings. The van der Waals surface area contributed by atoms with E-state index in [9.17, 15) is 0 Å². The van der Waals surface area contributed by atoms with Crippen molar-refractivity contribution in [3.05, 3.63) is 59.8 Å². The number of hydrogen-bond donors (Lipinski definition) is 1. The fraction of sp³-hybridized carbons (Fsp3) is 0.333. The molecule has 4 aromatic rings. The van der Waals surface area contributed by atoms with E-state index in [1.165, 1.54) is 0 Å². The largest absolute Gasteiger partial charge is 0.383 e. The number of anilines is 1. The number of nitrogens with one attached hydrogen (secondary N) is 1. The molecule has 1 N–H and O–H groups in total. The first kappa shape index (κ1) is 19.1. The Bertz CT molecular complexity index is 1120. The Morgan fingerprint density at radius 1 is 1.17 bits per heavy atom. The number of aryl methyl sites for hydroxylation is 2. The summed E-state index contributed by atoms with van der Waals surface area (Å²) in [7, 11) is 1.69. The van der Waals surface area contributed by atoms with Crippen molar-refractivity contribution in [2.45, 2.75) is 33.4 Å². The molecule has 4 rings (SSSR count). The summed E-state index contributed by atoms with van der Waals surface area (Å²) in [6, 6.07) is 12.1. The third-order valence-electron chi connectivity index (χ3n) is 5.06. The molecule has 0 aliphatic heterocycles. The first-order chi connectivity index (χ1) is 14.1. The quantitative estimate of drug-likeness (QED) is 0.520. The lowest BCUT2D eigenvalue weighted by atomic mass is 10.1. The number of fused-ring (bicyclic) bond motifs is 1. The highest BCUT2D eigenvalue weighted by Crippen LogP contribution is 2.27. The van der Waals surface area contributed by atoms with Crippen molar-refractivity contribution in [3.8, 4) is 11.3 Å². The highest BCUT2D eigenvalue weighted by Gasteiger charge is 2.18. The average Bonchev–Trinajstić information content (AvgIpc) is 3.32. The van der Waals surface area contributed by atoms with Crippen molar-refractivity contribution in [2.75, 3.05) is 19.0 Å². The highest BCUT2D eigenvalue weighted by molar-refractivity contribution is 5.68. The van der Waals surface area contributed by atoms with Gasteiger partial charge in [-0.25, -0.2) is 4.98 Å². The van der Waals surface area contributed by atoms with Gasteiger partial charge in [0.25, 0.3) is 0 Å². The van der Waals surface area contributed by atoms with E-state index in [2.05, 4.69) is 39.7 Å². The lowest BCUT2D eigenvalue weighted by Crippen LogP contribution is -2.17. The molecule has 0 radical (unpaired) electrons. The van der Waals surface area contributed by atoms with Crippen LogP contribution in [-0.4, -0.2) is 43.1 Å². The van der Waals surface area contributed by atoms with Crippen molar-refractivity contribution in [3.63, 3.8) is 0 Å². The number of rotatable bonds is 7. The lowest BCUT2D eigenvalue weighted by molar-refractivity contribution is 0.186. The van der Waals surface area contributed by atoms with Crippen LogP contribution in [0.25, 0.3) is 16.9 Å². The Morgan fingerprint density at radius 3 is 2.72 bits per heavy atom. The molecule has 0 aliphatic carbocycles. The number of aromatic nitrogens is 6. The third kappa shape index (κ3) is 3.71. The van der Waals surface area contributed by atoms with Gasteiger partial charge in [0.2, 0.25) is 0 Å². The first-order valence-corrected chi connectivity index (χ1v) is 9.64. The van der Waals surface area contributed by atoms with E-state index in [1.54, 1.807) is 13.4 Å². The Kier molecular flexibility index (Phi) is 5.26. The molecule has 3 aromatic heterocycles. The van der Waals surface area contributed by atoms with E-state index in [4.69, 9.17) is 9.72 Å². The molecular weight excluding hydrogens is 366 g/mol. The zero-order chi connectivity index (χ0) is 20.4. The molecule has 0 saturated heterocycles. The minimum absolute atomic E-state index is 0.0756. The molecular formula is C21H25N7O. The van der Waals surface area contributed by atoms with Gasteiger partial charge in [0.1, 0.15) is 12.1 Å². The second-order valence-corrected chi connectivity index (χ2v) is 7.08. The molecule has 1 aromatic carbocycles. The van der Waals surface area contributed by atoms with Crippen LogP contribution in [0, 0.1) is 13.8 Å². The summed E-state index contributed by atoms with van der Waals surface area (Å²) in [6.45, 7) is 7.42. The maximum Gasteiger partial charge on any atom is 0.161 e. The zero-order valence-electron chi connectivity index (χ0n) is 17.1. The third-order valence-corrected chi connectivity index (χ3v) is 5.06. The monoisotopic (exact) mass is 391 g/mol. The summed E-state index contributed by atoms with van der Waals surface area (Å²) in [5.41, 5.74) is 4.84. The van der Waals surface area contributed by atoms with Gasteiger partial charge in [0.15, 0.2) is 11.5 Å². The van der Waals surface area contributed by atoms with Crippen molar-refractivity contribution in [1.29, 1.82) is 0 Å².